The Hall–Kier alpha value is -1.82. The predicted octanol–water partition coefficient (Wildman–Crippen LogP) is 7.26. The van der Waals surface area contributed by atoms with E-state index in [2.05, 4.69) is 89.3 Å². The minimum absolute atomic E-state index is 1.13. The first-order valence-corrected chi connectivity index (χ1v) is 8.07. The highest BCUT2D eigenvalue weighted by Crippen LogP contribution is 2.07. The molecule has 0 heteroatoms. The number of hydrogen-bond acceptors (Lipinski definition) is 0. The molecule has 120 valence electrons. The molecule has 0 fully saturated rings. The van der Waals surface area contributed by atoms with E-state index in [1.54, 1.807) is 0 Å². The van der Waals surface area contributed by atoms with Gasteiger partial charge in [-0.25, -0.2) is 0 Å². The lowest BCUT2D eigenvalue weighted by Gasteiger charge is -1.96. The summed E-state index contributed by atoms with van der Waals surface area (Å²) in [5, 5.41) is 0. The van der Waals surface area contributed by atoms with Crippen LogP contribution in [0.15, 0.2) is 83.1 Å². The smallest absolute Gasteiger partial charge is 0.0285 e. The summed E-state index contributed by atoms with van der Waals surface area (Å²) in [4.78, 5) is 0. The summed E-state index contributed by atoms with van der Waals surface area (Å²) in [6.45, 7) is 12.7. The van der Waals surface area contributed by atoms with Gasteiger partial charge in [0.15, 0.2) is 0 Å². The molecule has 0 amide bonds. The maximum absolute atomic E-state index is 2.29. The van der Waals surface area contributed by atoms with Gasteiger partial charge in [0, 0.05) is 0 Å². The topological polar surface area (TPSA) is 0 Å². The van der Waals surface area contributed by atoms with Crippen LogP contribution in [0.3, 0.4) is 0 Å². The minimum atomic E-state index is 1.13. The second kappa shape index (κ2) is 12.9. The Bertz CT molecular complexity index is 510. The SMILES string of the molecule is CC=CC=C(C)C=CC=C(C)C=CC=C(C)CCC=C(C)C. The van der Waals surface area contributed by atoms with Crippen molar-refractivity contribution in [2.75, 3.05) is 0 Å². The highest BCUT2D eigenvalue weighted by atomic mass is 13.9. The van der Waals surface area contributed by atoms with Crippen molar-refractivity contribution in [2.45, 2.75) is 54.4 Å². The molecule has 0 N–H and O–H groups in total. The third kappa shape index (κ3) is 13.2. The van der Waals surface area contributed by atoms with Gasteiger partial charge < -0.3 is 0 Å². The summed E-state index contributed by atoms with van der Waals surface area (Å²) in [5.41, 5.74) is 5.32. The van der Waals surface area contributed by atoms with Crippen LogP contribution in [0.4, 0.5) is 0 Å². The molecule has 0 aliphatic heterocycles. The zero-order valence-corrected chi connectivity index (χ0v) is 15.2. The zero-order chi connectivity index (χ0) is 16.8. The van der Waals surface area contributed by atoms with Gasteiger partial charge in [-0.3, -0.25) is 0 Å². The molecular formula is C22H32. The predicted molar refractivity (Wildman–Crippen MR) is 103 cm³/mol. The Morgan fingerprint density at radius 3 is 1.82 bits per heavy atom. The molecule has 0 heterocycles. The molecule has 0 nitrogen and oxygen atoms in total. The normalized spacial score (nSPS) is 14.5. The largest absolute Gasteiger partial charge is 0.0877 e. The lowest BCUT2D eigenvalue weighted by molar-refractivity contribution is 0.967. The van der Waals surface area contributed by atoms with Crippen LogP contribution in [0, 0.1) is 0 Å². The van der Waals surface area contributed by atoms with Gasteiger partial charge in [-0.2, -0.15) is 0 Å². The molecule has 0 aliphatic rings. The zero-order valence-electron chi connectivity index (χ0n) is 15.2. The van der Waals surface area contributed by atoms with Crippen LogP contribution in [0.1, 0.15) is 54.4 Å². The van der Waals surface area contributed by atoms with Crippen LogP contribution < -0.4 is 0 Å². The Labute approximate surface area is 138 Å². The fraction of sp³-hybridized carbons (Fsp3) is 0.364. The number of allylic oxidation sites excluding steroid dienone is 14. The molecule has 0 saturated heterocycles. The molecule has 0 atom stereocenters. The van der Waals surface area contributed by atoms with Crippen molar-refractivity contribution < 1.29 is 0 Å². The van der Waals surface area contributed by atoms with Crippen molar-refractivity contribution in [3.8, 4) is 0 Å². The Morgan fingerprint density at radius 1 is 0.727 bits per heavy atom. The summed E-state index contributed by atoms with van der Waals surface area (Å²) in [5.74, 6) is 0. The summed E-state index contributed by atoms with van der Waals surface area (Å²) in [7, 11) is 0. The second-order valence-corrected chi connectivity index (χ2v) is 5.90. The fourth-order valence-electron chi connectivity index (χ4n) is 1.75. The Morgan fingerprint density at radius 2 is 1.27 bits per heavy atom. The van der Waals surface area contributed by atoms with E-state index in [1.165, 1.54) is 22.3 Å². The Balaban J connectivity index is 4.39. The van der Waals surface area contributed by atoms with Crippen molar-refractivity contribution in [3.63, 3.8) is 0 Å². The quantitative estimate of drug-likeness (QED) is 0.326. The van der Waals surface area contributed by atoms with E-state index in [1.807, 2.05) is 13.0 Å². The average molecular weight is 296 g/mol. The van der Waals surface area contributed by atoms with E-state index in [-0.39, 0.29) is 0 Å². The van der Waals surface area contributed by atoms with Gasteiger partial charge in [-0.1, -0.05) is 83.1 Å². The molecule has 0 aromatic rings. The second-order valence-electron chi connectivity index (χ2n) is 5.90. The van der Waals surface area contributed by atoms with Crippen LogP contribution in [0.5, 0.6) is 0 Å². The third-order valence-corrected chi connectivity index (χ3v) is 3.10. The van der Waals surface area contributed by atoms with Gasteiger partial charge in [-0.15, -0.1) is 0 Å². The maximum atomic E-state index is 2.29. The molecule has 0 rings (SSSR count). The van der Waals surface area contributed by atoms with Gasteiger partial charge in [0.05, 0.1) is 0 Å². The van der Waals surface area contributed by atoms with Crippen LogP contribution in [-0.4, -0.2) is 0 Å². The van der Waals surface area contributed by atoms with Gasteiger partial charge in [-0.05, 0) is 54.4 Å². The lowest BCUT2D eigenvalue weighted by Crippen LogP contribution is -1.76. The highest BCUT2D eigenvalue weighted by molar-refractivity contribution is 5.29. The summed E-state index contributed by atoms with van der Waals surface area (Å²) in [6.07, 6.45) is 23.6. The summed E-state index contributed by atoms with van der Waals surface area (Å²) in [6, 6.07) is 0. The van der Waals surface area contributed by atoms with E-state index in [0.717, 1.165) is 12.8 Å². The average Bonchev–Trinajstić information content (AvgIpc) is 2.44. The van der Waals surface area contributed by atoms with E-state index < -0.39 is 0 Å². The lowest BCUT2D eigenvalue weighted by atomic mass is 10.1. The molecule has 0 saturated carbocycles. The number of rotatable bonds is 8. The summed E-state index contributed by atoms with van der Waals surface area (Å²) < 4.78 is 0. The van der Waals surface area contributed by atoms with Crippen molar-refractivity contribution in [1.82, 2.24) is 0 Å². The first-order valence-electron chi connectivity index (χ1n) is 8.07. The highest BCUT2D eigenvalue weighted by Gasteiger charge is 1.87. The van der Waals surface area contributed by atoms with Crippen LogP contribution in [0.2, 0.25) is 0 Å². The molecule has 0 aromatic heterocycles. The number of hydrogen-bond donors (Lipinski definition) is 0. The molecule has 0 radical (unpaired) electrons. The van der Waals surface area contributed by atoms with E-state index in [9.17, 15) is 0 Å². The maximum Gasteiger partial charge on any atom is -0.0285 e. The van der Waals surface area contributed by atoms with Crippen LogP contribution >= 0.6 is 0 Å². The third-order valence-electron chi connectivity index (χ3n) is 3.10. The van der Waals surface area contributed by atoms with Gasteiger partial charge in [0.1, 0.15) is 0 Å². The first-order chi connectivity index (χ1) is 10.5. The van der Waals surface area contributed by atoms with Crippen molar-refractivity contribution in [1.29, 1.82) is 0 Å². The van der Waals surface area contributed by atoms with Crippen LogP contribution in [-0.2, 0) is 0 Å². The first kappa shape index (κ1) is 20.2. The minimum Gasteiger partial charge on any atom is -0.0877 e. The van der Waals surface area contributed by atoms with Crippen molar-refractivity contribution >= 4 is 0 Å². The molecule has 0 aliphatic carbocycles. The molecule has 0 bridgehead atoms. The van der Waals surface area contributed by atoms with Gasteiger partial charge >= 0.3 is 0 Å². The van der Waals surface area contributed by atoms with E-state index in [4.69, 9.17) is 0 Å². The molecule has 22 heavy (non-hydrogen) atoms. The van der Waals surface area contributed by atoms with Gasteiger partial charge in [0.2, 0.25) is 0 Å². The fourth-order valence-corrected chi connectivity index (χ4v) is 1.75. The monoisotopic (exact) mass is 296 g/mol. The molecule has 0 aromatic carbocycles. The molecule has 0 spiro atoms. The Kier molecular flexibility index (Phi) is 11.8. The van der Waals surface area contributed by atoms with Crippen molar-refractivity contribution in [2.24, 2.45) is 0 Å². The van der Waals surface area contributed by atoms with Crippen LogP contribution in [0.25, 0.3) is 0 Å². The van der Waals surface area contributed by atoms with E-state index >= 15 is 0 Å². The standard InChI is InChI=1S/C22H32/c1-7-8-13-20(4)15-10-17-22(6)18-11-16-21(5)14-9-12-19(2)3/h7-8,10-13,15-18H,9,14H2,1-6H3. The van der Waals surface area contributed by atoms with Crippen molar-refractivity contribution in [3.05, 3.63) is 83.1 Å². The summed E-state index contributed by atoms with van der Waals surface area (Å²) >= 11 is 0. The molecular weight excluding hydrogens is 264 g/mol. The molecule has 0 unspecified atom stereocenters. The van der Waals surface area contributed by atoms with Gasteiger partial charge in [0.25, 0.3) is 0 Å². The van der Waals surface area contributed by atoms with E-state index in [0.29, 0.717) is 0 Å².